The van der Waals surface area contributed by atoms with Crippen LogP contribution in [0.3, 0.4) is 0 Å². The average Bonchev–Trinajstić information content (AvgIpc) is 3.73. The van der Waals surface area contributed by atoms with Gasteiger partial charge in [-0.25, -0.2) is 8.47 Å². The Kier molecular flexibility index (Phi) is 4.32. The van der Waals surface area contributed by atoms with Crippen LogP contribution in [0.5, 0.6) is 0 Å². The van der Waals surface area contributed by atoms with E-state index in [1.807, 2.05) is 0 Å². The highest BCUT2D eigenvalue weighted by molar-refractivity contribution is 6.92. The van der Waals surface area contributed by atoms with E-state index < -0.39 is 8.40 Å². The first-order valence-electron chi connectivity index (χ1n) is 15.5. The third-order valence-corrected chi connectivity index (χ3v) is 14.7. The molecule has 208 valence electrons. The second-order valence-electron chi connectivity index (χ2n) is 12.2. The fraction of sp³-hybridized carbons (Fsp3) is 0. The Morgan fingerprint density at radius 1 is 0.444 bits per heavy atom. The van der Waals surface area contributed by atoms with Crippen molar-refractivity contribution >= 4 is 62.5 Å². The van der Waals surface area contributed by atoms with Crippen molar-refractivity contribution in [3.05, 3.63) is 158 Å². The number of fused-ring (bicyclic) bond motifs is 16. The van der Waals surface area contributed by atoms with Gasteiger partial charge in [0.05, 0.1) is 33.4 Å². The Hall–Kier alpha value is -5.78. The summed E-state index contributed by atoms with van der Waals surface area (Å²) in [6.45, 7) is 0. The number of nitrogens with zero attached hydrogens (tertiary/aromatic N) is 4. The smallest absolute Gasteiger partial charge is 0.309 e. The minimum atomic E-state index is -2.76. The molecule has 45 heavy (non-hydrogen) atoms. The third kappa shape index (κ3) is 2.66. The molecule has 0 amide bonds. The molecule has 9 aromatic rings. The minimum Gasteiger partial charge on any atom is -0.309 e. The van der Waals surface area contributed by atoms with Gasteiger partial charge in [-0.15, -0.1) is 0 Å². The SMILES string of the molecule is c1ccc(-n2c3ccccc3c3c4c5ccc[n+]6c5n(c4ccc32)-c2ccccc2[Si]62c3ccccc3-c3cccc[n+]32)cc1. The van der Waals surface area contributed by atoms with Gasteiger partial charge in [-0.2, -0.15) is 4.57 Å². The van der Waals surface area contributed by atoms with E-state index in [0.717, 1.165) is 0 Å². The first-order valence-corrected chi connectivity index (χ1v) is 17.4. The van der Waals surface area contributed by atoms with E-state index in [2.05, 4.69) is 176 Å². The summed E-state index contributed by atoms with van der Waals surface area (Å²) in [7, 11) is -2.76. The lowest BCUT2D eigenvalue weighted by atomic mass is 10.1. The van der Waals surface area contributed by atoms with Gasteiger partial charge in [0.1, 0.15) is 16.4 Å². The highest BCUT2D eigenvalue weighted by Crippen LogP contribution is 2.42. The predicted molar refractivity (Wildman–Crippen MR) is 183 cm³/mol. The number of pyridine rings is 2. The Morgan fingerprint density at radius 2 is 1.11 bits per heavy atom. The summed E-state index contributed by atoms with van der Waals surface area (Å²) in [4.78, 5) is 0. The molecule has 11 rings (SSSR count). The van der Waals surface area contributed by atoms with Crippen LogP contribution in [0.15, 0.2) is 158 Å². The predicted octanol–water partition coefficient (Wildman–Crippen LogP) is 6.40. The molecule has 4 aromatic heterocycles. The van der Waals surface area contributed by atoms with E-state index in [9.17, 15) is 0 Å². The average molecular weight is 591 g/mol. The van der Waals surface area contributed by atoms with Gasteiger partial charge in [0, 0.05) is 34.0 Å². The molecule has 2 aliphatic rings. The zero-order chi connectivity index (χ0) is 29.3. The Bertz CT molecular complexity index is 2670. The molecule has 5 heteroatoms. The summed E-state index contributed by atoms with van der Waals surface area (Å²) in [5.41, 5.74) is 10.1. The fourth-order valence-electron chi connectivity index (χ4n) is 8.61. The van der Waals surface area contributed by atoms with Crippen LogP contribution in [0, 0.1) is 0 Å². The van der Waals surface area contributed by atoms with Crippen molar-refractivity contribution in [1.29, 1.82) is 0 Å². The molecule has 2 aliphatic heterocycles. The normalized spacial score (nSPS) is 16.1. The lowest BCUT2D eigenvalue weighted by Gasteiger charge is -2.25. The van der Waals surface area contributed by atoms with Gasteiger partial charge in [0.2, 0.25) is 0 Å². The van der Waals surface area contributed by atoms with E-state index in [-0.39, 0.29) is 0 Å². The largest absolute Gasteiger partial charge is 0.659 e. The molecule has 0 aliphatic carbocycles. The summed E-state index contributed by atoms with van der Waals surface area (Å²) in [6.07, 6.45) is 4.66. The van der Waals surface area contributed by atoms with Crippen molar-refractivity contribution < 1.29 is 8.47 Å². The summed E-state index contributed by atoms with van der Waals surface area (Å²) in [6, 6.07) is 53.8. The molecule has 4 nitrogen and oxygen atoms in total. The Labute approximate surface area is 260 Å². The summed E-state index contributed by atoms with van der Waals surface area (Å²) < 4.78 is 10.3. The zero-order valence-electron chi connectivity index (χ0n) is 24.3. The number of para-hydroxylation sites is 3. The topological polar surface area (TPSA) is 17.6 Å². The summed E-state index contributed by atoms with van der Waals surface area (Å²) in [5.74, 6) is 0. The lowest BCUT2D eigenvalue weighted by molar-refractivity contribution is -0.660. The first-order chi connectivity index (χ1) is 22.4. The van der Waals surface area contributed by atoms with Gasteiger partial charge in [-0.05, 0) is 66.7 Å². The highest BCUT2D eigenvalue weighted by atomic mass is 28.3. The van der Waals surface area contributed by atoms with Crippen LogP contribution in [-0.2, 0) is 0 Å². The van der Waals surface area contributed by atoms with Crippen molar-refractivity contribution in [2.24, 2.45) is 0 Å². The van der Waals surface area contributed by atoms with E-state index in [1.165, 1.54) is 76.7 Å². The zero-order valence-corrected chi connectivity index (χ0v) is 25.3. The van der Waals surface area contributed by atoms with Gasteiger partial charge < -0.3 is 4.57 Å². The van der Waals surface area contributed by atoms with Gasteiger partial charge in [0.15, 0.2) is 11.9 Å². The maximum Gasteiger partial charge on any atom is 0.659 e. The molecule has 1 unspecified atom stereocenters. The lowest BCUT2D eigenvalue weighted by Crippen LogP contribution is -2.92. The molecule has 5 aromatic carbocycles. The molecular formula is C40H26N4Si+2. The quantitative estimate of drug-likeness (QED) is 0.197. The van der Waals surface area contributed by atoms with Crippen molar-refractivity contribution in [1.82, 2.24) is 9.13 Å². The number of rotatable bonds is 1. The molecule has 0 saturated heterocycles. The number of aromatic nitrogens is 4. The maximum atomic E-state index is 2.67. The monoisotopic (exact) mass is 590 g/mol. The van der Waals surface area contributed by atoms with Crippen molar-refractivity contribution in [3.8, 4) is 22.6 Å². The molecule has 0 N–H and O–H groups in total. The van der Waals surface area contributed by atoms with Crippen molar-refractivity contribution in [2.45, 2.75) is 0 Å². The van der Waals surface area contributed by atoms with Gasteiger partial charge in [0.25, 0.3) is 5.65 Å². The van der Waals surface area contributed by atoms with Crippen LogP contribution in [0.25, 0.3) is 66.4 Å². The van der Waals surface area contributed by atoms with E-state index >= 15 is 0 Å². The third-order valence-electron chi connectivity index (χ3n) is 10.2. The Balaban J connectivity index is 1.39. The van der Waals surface area contributed by atoms with E-state index in [1.54, 1.807) is 0 Å². The molecule has 1 atom stereocenters. The van der Waals surface area contributed by atoms with Gasteiger partial charge in [-0.1, -0.05) is 66.7 Å². The number of hydrogen-bond acceptors (Lipinski definition) is 0. The molecule has 0 fully saturated rings. The van der Waals surface area contributed by atoms with E-state index in [4.69, 9.17) is 0 Å². The molecule has 0 saturated carbocycles. The second-order valence-corrected chi connectivity index (χ2v) is 15.6. The molecular weight excluding hydrogens is 565 g/mol. The first kappa shape index (κ1) is 23.6. The highest BCUT2D eigenvalue weighted by Gasteiger charge is 2.70. The molecule has 6 heterocycles. The van der Waals surface area contributed by atoms with Crippen LogP contribution < -0.4 is 18.8 Å². The van der Waals surface area contributed by atoms with Crippen LogP contribution in [-0.4, -0.2) is 17.5 Å². The van der Waals surface area contributed by atoms with Crippen molar-refractivity contribution in [2.75, 3.05) is 0 Å². The van der Waals surface area contributed by atoms with Crippen LogP contribution in [0.4, 0.5) is 0 Å². The Morgan fingerprint density at radius 3 is 2.02 bits per heavy atom. The van der Waals surface area contributed by atoms with Gasteiger partial charge in [-0.3, -0.25) is 0 Å². The van der Waals surface area contributed by atoms with Crippen LogP contribution in [0.2, 0.25) is 0 Å². The summed E-state index contributed by atoms with van der Waals surface area (Å²) >= 11 is 0. The van der Waals surface area contributed by atoms with Crippen LogP contribution >= 0.6 is 0 Å². The minimum absolute atomic E-state index is 1.18. The molecule has 0 radical (unpaired) electrons. The second kappa shape index (κ2) is 8.23. The van der Waals surface area contributed by atoms with Gasteiger partial charge >= 0.3 is 8.40 Å². The number of hydrogen-bond donors (Lipinski definition) is 0. The number of benzene rings is 5. The molecule has 1 spiro atoms. The molecule has 0 bridgehead atoms. The fourth-order valence-corrected chi connectivity index (χ4v) is 13.6. The van der Waals surface area contributed by atoms with Crippen LogP contribution in [0.1, 0.15) is 0 Å². The van der Waals surface area contributed by atoms with E-state index in [0.29, 0.717) is 0 Å². The van der Waals surface area contributed by atoms with Crippen molar-refractivity contribution in [3.63, 3.8) is 0 Å². The maximum absolute atomic E-state index is 2.76. The summed E-state index contributed by atoms with van der Waals surface area (Å²) in [5, 5.41) is 8.03. The standard InChI is InChI=1S/C40H26N4Si/c1-2-13-27(14-3-1)43-32-19-6-4-16-29(32)38-34(43)23-24-35-39(38)30-17-12-26-42-40(30)44(35)33-20-7-9-22-37(33)45(42)36-21-8-5-15-28(36)31-18-10-11-25-41(31)45/h1-26H/q+2.